The van der Waals surface area contributed by atoms with E-state index in [9.17, 15) is 4.39 Å². The molecule has 0 bridgehead atoms. The molecule has 0 amide bonds. The lowest BCUT2D eigenvalue weighted by molar-refractivity contribution is 0.565. The van der Waals surface area contributed by atoms with Crippen LogP contribution in [0, 0.1) is 5.82 Å². The SMILES string of the molecule is CCn1ccnc1C(N)Cc1cccc(Cl)c1F. The number of hydrogen-bond donors (Lipinski definition) is 1. The van der Waals surface area contributed by atoms with Crippen LogP contribution in [0.4, 0.5) is 4.39 Å². The van der Waals surface area contributed by atoms with Gasteiger partial charge in [0.05, 0.1) is 11.1 Å². The molecule has 2 N–H and O–H groups in total. The molecule has 1 aromatic carbocycles. The summed E-state index contributed by atoms with van der Waals surface area (Å²) >= 11 is 5.74. The van der Waals surface area contributed by atoms with E-state index in [1.165, 1.54) is 6.07 Å². The maximum atomic E-state index is 13.8. The summed E-state index contributed by atoms with van der Waals surface area (Å²) in [6, 6.07) is 4.60. The Morgan fingerprint density at radius 1 is 1.50 bits per heavy atom. The van der Waals surface area contributed by atoms with E-state index in [1.807, 2.05) is 17.7 Å². The normalized spacial score (nSPS) is 12.7. The minimum atomic E-state index is -0.399. The highest BCUT2D eigenvalue weighted by atomic mass is 35.5. The molecular formula is C13H15ClFN3. The summed E-state index contributed by atoms with van der Waals surface area (Å²) in [5.41, 5.74) is 6.59. The van der Waals surface area contributed by atoms with Crippen molar-refractivity contribution in [2.75, 3.05) is 0 Å². The summed E-state index contributed by atoms with van der Waals surface area (Å²) in [7, 11) is 0. The van der Waals surface area contributed by atoms with Gasteiger partial charge in [-0.25, -0.2) is 9.37 Å². The molecule has 0 aliphatic carbocycles. The van der Waals surface area contributed by atoms with Crippen LogP contribution in [-0.4, -0.2) is 9.55 Å². The van der Waals surface area contributed by atoms with Crippen molar-refractivity contribution < 1.29 is 4.39 Å². The number of nitrogens with zero attached hydrogens (tertiary/aromatic N) is 2. The van der Waals surface area contributed by atoms with E-state index in [4.69, 9.17) is 17.3 Å². The van der Waals surface area contributed by atoms with Gasteiger partial charge in [0, 0.05) is 18.9 Å². The second-order valence-electron chi connectivity index (χ2n) is 4.10. The Morgan fingerprint density at radius 2 is 2.28 bits per heavy atom. The molecule has 2 aromatic rings. The zero-order chi connectivity index (χ0) is 13.1. The Bertz CT molecular complexity index is 539. The first kappa shape index (κ1) is 13.1. The highest BCUT2D eigenvalue weighted by Gasteiger charge is 2.15. The third-order valence-corrected chi connectivity index (χ3v) is 3.18. The molecule has 3 nitrogen and oxygen atoms in total. The van der Waals surface area contributed by atoms with E-state index >= 15 is 0 Å². The molecule has 0 aliphatic heterocycles. The Hall–Kier alpha value is -1.39. The molecule has 0 spiro atoms. The summed E-state index contributed by atoms with van der Waals surface area (Å²) in [6.45, 7) is 2.80. The van der Waals surface area contributed by atoms with Gasteiger partial charge in [0.25, 0.3) is 0 Å². The van der Waals surface area contributed by atoms with E-state index in [-0.39, 0.29) is 11.1 Å². The number of imidazole rings is 1. The first-order valence-corrected chi connectivity index (χ1v) is 6.20. The van der Waals surface area contributed by atoms with Crippen LogP contribution in [0.5, 0.6) is 0 Å². The molecule has 0 fully saturated rings. The second kappa shape index (κ2) is 5.50. The molecule has 0 aliphatic rings. The van der Waals surface area contributed by atoms with E-state index in [0.29, 0.717) is 12.0 Å². The molecule has 0 radical (unpaired) electrons. The molecule has 1 heterocycles. The molecule has 96 valence electrons. The van der Waals surface area contributed by atoms with E-state index in [2.05, 4.69) is 4.98 Å². The van der Waals surface area contributed by atoms with Crippen molar-refractivity contribution in [3.05, 3.63) is 52.8 Å². The van der Waals surface area contributed by atoms with Crippen LogP contribution in [0.2, 0.25) is 5.02 Å². The Labute approximate surface area is 110 Å². The van der Waals surface area contributed by atoms with Gasteiger partial charge in [-0.15, -0.1) is 0 Å². The largest absolute Gasteiger partial charge is 0.334 e. The first-order valence-electron chi connectivity index (χ1n) is 5.83. The zero-order valence-corrected chi connectivity index (χ0v) is 10.9. The lowest BCUT2D eigenvalue weighted by atomic mass is 10.1. The summed E-state index contributed by atoms with van der Waals surface area (Å²) in [5.74, 6) is 0.362. The Kier molecular flexibility index (Phi) is 3.99. The van der Waals surface area contributed by atoms with Gasteiger partial charge in [0.1, 0.15) is 11.6 Å². The molecule has 18 heavy (non-hydrogen) atoms. The number of hydrogen-bond acceptors (Lipinski definition) is 2. The number of aromatic nitrogens is 2. The molecule has 2 rings (SSSR count). The molecule has 0 saturated carbocycles. The first-order chi connectivity index (χ1) is 8.63. The molecule has 1 atom stereocenters. The van der Waals surface area contributed by atoms with Gasteiger partial charge < -0.3 is 10.3 Å². The van der Waals surface area contributed by atoms with Crippen LogP contribution in [0.15, 0.2) is 30.6 Å². The van der Waals surface area contributed by atoms with Gasteiger partial charge in [0.15, 0.2) is 0 Å². The van der Waals surface area contributed by atoms with Crippen molar-refractivity contribution in [1.82, 2.24) is 9.55 Å². The predicted octanol–water partition coefficient (Wildman–Crippen LogP) is 2.94. The van der Waals surface area contributed by atoms with Gasteiger partial charge in [-0.2, -0.15) is 0 Å². The number of halogens is 2. The zero-order valence-electron chi connectivity index (χ0n) is 10.1. The summed E-state index contributed by atoms with van der Waals surface area (Å²) in [5, 5.41) is 0.124. The molecule has 1 unspecified atom stereocenters. The van der Waals surface area contributed by atoms with Gasteiger partial charge in [0.2, 0.25) is 0 Å². The van der Waals surface area contributed by atoms with Crippen molar-refractivity contribution in [3.8, 4) is 0 Å². The maximum Gasteiger partial charge on any atom is 0.145 e. The third kappa shape index (κ3) is 2.54. The number of benzene rings is 1. The number of rotatable bonds is 4. The predicted molar refractivity (Wildman–Crippen MR) is 69.9 cm³/mol. The maximum absolute atomic E-state index is 13.8. The molecule has 0 saturated heterocycles. The average Bonchev–Trinajstić information content (AvgIpc) is 2.83. The lowest BCUT2D eigenvalue weighted by Gasteiger charge is -2.13. The minimum Gasteiger partial charge on any atom is -0.334 e. The highest BCUT2D eigenvalue weighted by molar-refractivity contribution is 6.30. The fourth-order valence-corrected chi connectivity index (χ4v) is 2.15. The third-order valence-electron chi connectivity index (χ3n) is 2.89. The fourth-order valence-electron chi connectivity index (χ4n) is 1.95. The lowest BCUT2D eigenvalue weighted by Crippen LogP contribution is -2.19. The van der Waals surface area contributed by atoms with Crippen molar-refractivity contribution in [2.24, 2.45) is 5.73 Å². The van der Waals surface area contributed by atoms with Gasteiger partial charge in [-0.1, -0.05) is 23.7 Å². The summed E-state index contributed by atoms with van der Waals surface area (Å²) < 4.78 is 15.7. The quantitative estimate of drug-likeness (QED) is 0.926. The topological polar surface area (TPSA) is 43.8 Å². The van der Waals surface area contributed by atoms with Gasteiger partial charge in [-0.3, -0.25) is 0 Å². The van der Waals surface area contributed by atoms with E-state index < -0.39 is 5.82 Å². The van der Waals surface area contributed by atoms with Crippen molar-refractivity contribution >= 4 is 11.6 Å². The van der Waals surface area contributed by atoms with Crippen LogP contribution in [0.25, 0.3) is 0 Å². The second-order valence-corrected chi connectivity index (χ2v) is 4.50. The van der Waals surface area contributed by atoms with Crippen molar-refractivity contribution in [3.63, 3.8) is 0 Å². The van der Waals surface area contributed by atoms with E-state index in [1.54, 1.807) is 18.3 Å². The van der Waals surface area contributed by atoms with Gasteiger partial charge >= 0.3 is 0 Å². The number of nitrogens with two attached hydrogens (primary N) is 1. The summed E-state index contributed by atoms with van der Waals surface area (Å²) in [4.78, 5) is 4.22. The smallest absolute Gasteiger partial charge is 0.145 e. The van der Waals surface area contributed by atoms with Gasteiger partial charge in [-0.05, 0) is 25.0 Å². The van der Waals surface area contributed by atoms with Crippen LogP contribution in [-0.2, 0) is 13.0 Å². The highest BCUT2D eigenvalue weighted by Crippen LogP contribution is 2.22. The van der Waals surface area contributed by atoms with Crippen LogP contribution in [0.3, 0.4) is 0 Å². The van der Waals surface area contributed by atoms with Crippen molar-refractivity contribution in [1.29, 1.82) is 0 Å². The molecule has 1 aromatic heterocycles. The van der Waals surface area contributed by atoms with E-state index in [0.717, 1.165) is 12.4 Å². The summed E-state index contributed by atoms with van der Waals surface area (Å²) in [6.07, 6.45) is 3.94. The standard InChI is InChI=1S/C13H15ClFN3/c1-2-18-7-6-17-13(18)11(16)8-9-4-3-5-10(14)12(9)15/h3-7,11H,2,8,16H2,1H3. The van der Waals surface area contributed by atoms with Crippen molar-refractivity contribution in [2.45, 2.75) is 25.9 Å². The van der Waals surface area contributed by atoms with Crippen LogP contribution >= 0.6 is 11.6 Å². The average molecular weight is 268 g/mol. The molecular weight excluding hydrogens is 253 g/mol. The Morgan fingerprint density at radius 3 is 3.00 bits per heavy atom. The fraction of sp³-hybridized carbons (Fsp3) is 0.308. The minimum absolute atomic E-state index is 0.124. The Balaban J connectivity index is 2.21. The number of aryl methyl sites for hydroxylation is 1. The molecule has 5 heteroatoms. The monoisotopic (exact) mass is 267 g/mol. The van der Waals surface area contributed by atoms with Crippen LogP contribution in [0.1, 0.15) is 24.4 Å². The van der Waals surface area contributed by atoms with Crippen LogP contribution < -0.4 is 5.73 Å².